The minimum Gasteiger partial charge on any atom is -0.493 e. The van der Waals surface area contributed by atoms with Crippen LogP contribution in [0.15, 0.2) is 46.3 Å². The number of aliphatic imine (C=N–C) groups is 1. The van der Waals surface area contributed by atoms with Crippen molar-refractivity contribution in [1.82, 2.24) is 14.5 Å². The average molecular weight is 489 g/mol. The highest BCUT2D eigenvalue weighted by Gasteiger charge is 2.30. The molecule has 0 saturated carbocycles. The second-order valence-corrected chi connectivity index (χ2v) is 10.2. The van der Waals surface area contributed by atoms with Gasteiger partial charge in [-0.15, -0.1) is 0 Å². The number of rotatable bonds is 8. The van der Waals surface area contributed by atoms with Crippen molar-refractivity contribution in [3.05, 3.63) is 69.8 Å². The smallest absolute Gasteiger partial charge is 0.328 e. The summed E-state index contributed by atoms with van der Waals surface area (Å²) < 4.78 is 51.2. The van der Waals surface area contributed by atoms with Gasteiger partial charge in [0.15, 0.2) is 17.3 Å². The average Bonchev–Trinajstić information content (AvgIpc) is 3.12. The SMILES string of the molecule is CCOc1cc([C@@H](CS(C)(=O)=O)n2c3c([nH]c2=O)CC(c2ncccc2F)C=N3)ccc1OC. The van der Waals surface area contributed by atoms with Crippen LogP contribution in [-0.2, 0) is 16.3 Å². The van der Waals surface area contributed by atoms with Gasteiger partial charge in [-0.1, -0.05) is 6.07 Å². The lowest BCUT2D eigenvalue weighted by Crippen LogP contribution is -2.28. The predicted molar refractivity (Wildman–Crippen MR) is 126 cm³/mol. The summed E-state index contributed by atoms with van der Waals surface area (Å²) in [5.41, 5.74) is 0.757. The molecular formula is C23H25FN4O5S. The number of halogens is 1. The Hall–Kier alpha value is -3.47. The maximum atomic E-state index is 14.2. The fourth-order valence-electron chi connectivity index (χ4n) is 4.11. The first-order valence-corrected chi connectivity index (χ1v) is 12.7. The molecule has 0 radical (unpaired) electrons. The molecule has 0 aliphatic carbocycles. The summed E-state index contributed by atoms with van der Waals surface area (Å²) in [5.74, 6) is -0.0129. The normalized spacial score (nSPS) is 16.2. The summed E-state index contributed by atoms with van der Waals surface area (Å²) >= 11 is 0. The molecule has 11 heteroatoms. The highest BCUT2D eigenvalue weighted by atomic mass is 32.2. The highest BCUT2D eigenvalue weighted by Crippen LogP contribution is 2.36. The van der Waals surface area contributed by atoms with Crippen molar-refractivity contribution in [3.63, 3.8) is 0 Å². The zero-order chi connectivity index (χ0) is 24.5. The number of benzene rings is 1. The van der Waals surface area contributed by atoms with Crippen LogP contribution in [-0.4, -0.2) is 54.9 Å². The van der Waals surface area contributed by atoms with E-state index in [1.54, 1.807) is 18.2 Å². The van der Waals surface area contributed by atoms with E-state index in [1.165, 1.54) is 36.2 Å². The molecule has 3 aromatic rings. The van der Waals surface area contributed by atoms with Gasteiger partial charge < -0.3 is 14.5 Å². The van der Waals surface area contributed by atoms with E-state index in [0.717, 1.165) is 6.26 Å². The lowest BCUT2D eigenvalue weighted by atomic mass is 9.97. The van der Waals surface area contributed by atoms with Gasteiger partial charge in [-0.05, 0) is 36.8 Å². The summed E-state index contributed by atoms with van der Waals surface area (Å²) in [6.07, 6.45) is 4.42. The van der Waals surface area contributed by atoms with Crippen LogP contribution in [0.5, 0.6) is 11.5 Å². The zero-order valence-electron chi connectivity index (χ0n) is 19.0. The van der Waals surface area contributed by atoms with Crippen molar-refractivity contribution in [2.75, 3.05) is 25.7 Å². The molecule has 0 amide bonds. The van der Waals surface area contributed by atoms with E-state index in [2.05, 4.69) is 15.0 Å². The Morgan fingerprint density at radius 1 is 1.29 bits per heavy atom. The van der Waals surface area contributed by atoms with Crippen molar-refractivity contribution in [3.8, 4) is 11.5 Å². The number of hydrogen-bond donors (Lipinski definition) is 1. The highest BCUT2D eigenvalue weighted by molar-refractivity contribution is 7.90. The monoisotopic (exact) mass is 488 g/mol. The summed E-state index contributed by atoms with van der Waals surface area (Å²) in [5, 5.41) is 0. The summed E-state index contributed by atoms with van der Waals surface area (Å²) in [4.78, 5) is 24.4. The maximum Gasteiger partial charge on any atom is 0.328 e. The van der Waals surface area contributed by atoms with Crippen LogP contribution in [0.4, 0.5) is 10.2 Å². The van der Waals surface area contributed by atoms with E-state index in [0.29, 0.717) is 35.2 Å². The lowest BCUT2D eigenvalue weighted by molar-refractivity contribution is 0.310. The molecule has 0 fully saturated rings. The second kappa shape index (κ2) is 9.41. The fourth-order valence-corrected chi connectivity index (χ4v) is 5.02. The van der Waals surface area contributed by atoms with Crippen LogP contribution in [0, 0.1) is 5.82 Å². The van der Waals surface area contributed by atoms with Gasteiger partial charge in [0.1, 0.15) is 15.7 Å². The lowest BCUT2D eigenvalue weighted by Gasteiger charge is -2.22. The summed E-state index contributed by atoms with van der Waals surface area (Å²) in [6.45, 7) is 2.20. The quantitative estimate of drug-likeness (QED) is 0.521. The predicted octanol–water partition coefficient (Wildman–Crippen LogP) is 2.79. The van der Waals surface area contributed by atoms with E-state index in [4.69, 9.17) is 9.47 Å². The van der Waals surface area contributed by atoms with Gasteiger partial charge in [-0.3, -0.25) is 9.55 Å². The minimum atomic E-state index is -3.50. The molecular weight excluding hydrogens is 463 g/mol. The van der Waals surface area contributed by atoms with E-state index in [9.17, 15) is 17.6 Å². The Bertz CT molecular complexity index is 1400. The van der Waals surface area contributed by atoms with Gasteiger partial charge in [0.05, 0.1) is 36.9 Å². The number of pyridine rings is 1. The largest absolute Gasteiger partial charge is 0.493 e. The molecule has 0 saturated heterocycles. The molecule has 34 heavy (non-hydrogen) atoms. The Balaban J connectivity index is 1.80. The molecule has 3 heterocycles. The maximum absolute atomic E-state index is 14.2. The van der Waals surface area contributed by atoms with E-state index in [1.807, 2.05) is 6.92 Å². The van der Waals surface area contributed by atoms with Crippen LogP contribution >= 0.6 is 0 Å². The first kappa shape index (κ1) is 23.7. The number of imidazole rings is 1. The first-order chi connectivity index (χ1) is 16.2. The number of hydrogen-bond acceptors (Lipinski definition) is 7. The van der Waals surface area contributed by atoms with Gasteiger partial charge in [-0.25, -0.2) is 22.6 Å². The molecule has 0 bridgehead atoms. The number of sulfone groups is 1. The van der Waals surface area contributed by atoms with Crippen molar-refractivity contribution in [2.45, 2.75) is 25.3 Å². The molecule has 180 valence electrons. The molecule has 4 rings (SSSR count). The summed E-state index contributed by atoms with van der Waals surface area (Å²) in [7, 11) is -1.99. The Labute approximate surface area is 196 Å². The number of aromatic amines is 1. The number of aromatic nitrogens is 3. The van der Waals surface area contributed by atoms with E-state index < -0.39 is 33.3 Å². The topological polar surface area (TPSA) is 116 Å². The molecule has 1 aliphatic heterocycles. The van der Waals surface area contributed by atoms with Crippen molar-refractivity contribution >= 4 is 21.9 Å². The fraction of sp³-hybridized carbons (Fsp3) is 0.348. The Morgan fingerprint density at radius 2 is 2.09 bits per heavy atom. The molecule has 1 aromatic carbocycles. The molecule has 9 nitrogen and oxygen atoms in total. The van der Waals surface area contributed by atoms with Gasteiger partial charge in [0.25, 0.3) is 0 Å². The summed E-state index contributed by atoms with van der Waals surface area (Å²) in [6, 6.07) is 6.99. The van der Waals surface area contributed by atoms with Gasteiger partial charge in [0.2, 0.25) is 0 Å². The molecule has 1 unspecified atom stereocenters. The number of nitrogens with zero attached hydrogens (tertiary/aromatic N) is 3. The van der Waals surface area contributed by atoms with Gasteiger partial charge >= 0.3 is 5.69 Å². The second-order valence-electron chi connectivity index (χ2n) is 8.01. The Kier molecular flexibility index (Phi) is 6.56. The Morgan fingerprint density at radius 3 is 2.76 bits per heavy atom. The molecule has 1 N–H and O–H groups in total. The van der Waals surface area contributed by atoms with Gasteiger partial charge in [-0.2, -0.15) is 0 Å². The van der Waals surface area contributed by atoms with E-state index >= 15 is 0 Å². The zero-order valence-corrected chi connectivity index (χ0v) is 19.8. The standard InChI is InChI=1S/C23H25FN4O5S/c1-4-33-20-11-14(7-8-19(20)32-2)18(13-34(3,30)31)28-22-17(27-23(28)29)10-15(12-26-22)21-16(24)6-5-9-25-21/h5-9,11-12,15,18H,4,10,13H2,1-3H3,(H,27,29)/t15?,18-/m1/s1. The molecule has 0 spiro atoms. The minimum absolute atomic E-state index is 0.231. The van der Waals surface area contributed by atoms with Crippen molar-refractivity contribution < 1.29 is 22.3 Å². The third kappa shape index (κ3) is 4.74. The van der Waals surface area contributed by atoms with Crippen LogP contribution < -0.4 is 15.2 Å². The van der Waals surface area contributed by atoms with Crippen molar-refractivity contribution in [2.24, 2.45) is 4.99 Å². The van der Waals surface area contributed by atoms with Gasteiger partial charge in [0, 0.05) is 31.0 Å². The van der Waals surface area contributed by atoms with Crippen molar-refractivity contribution in [1.29, 1.82) is 0 Å². The number of nitrogens with one attached hydrogen (secondary N) is 1. The number of ether oxygens (including phenoxy) is 2. The number of fused-ring (bicyclic) bond motifs is 1. The third-order valence-corrected chi connectivity index (χ3v) is 6.48. The third-order valence-electron chi connectivity index (χ3n) is 5.56. The molecule has 1 aliphatic rings. The van der Waals surface area contributed by atoms with E-state index in [-0.39, 0.29) is 17.9 Å². The van der Waals surface area contributed by atoms with Crippen LogP contribution in [0.1, 0.15) is 35.8 Å². The number of methoxy groups -OCH3 is 1. The van der Waals surface area contributed by atoms with Crippen LogP contribution in [0.2, 0.25) is 0 Å². The molecule has 2 atom stereocenters. The van der Waals surface area contributed by atoms with Crippen LogP contribution in [0.3, 0.4) is 0 Å². The number of H-pyrrole nitrogens is 1. The molecule has 2 aromatic heterocycles. The van der Waals surface area contributed by atoms with Crippen LogP contribution in [0.25, 0.3) is 0 Å². The first-order valence-electron chi connectivity index (χ1n) is 10.7.